The minimum absolute atomic E-state index is 0.169. The van der Waals surface area contributed by atoms with Crippen LogP contribution in [0.3, 0.4) is 0 Å². The average Bonchev–Trinajstić information content (AvgIpc) is 2.61. The lowest BCUT2D eigenvalue weighted by molar-refractivity contribution is 0.476. The highest BCUT2D eigenvalue weighted by Crippen LogP contribution is 2.27. The molecule has 0 unspecified atom stereocenters. The van der Waals surface area contributed by atoms with Gasteiger partial charge in [0.2, 0.25) is 0 Å². The monoisotopic (exact) mass is 344 g/mol. The van der Waals surface area contributed by atoms with Crippen LogP contribution in [0.15, 0.2) is 70.6 Å². The number of phenolic OH excluding ortho intramolecular Hbond substituents is 2. The molecule has 0 saturated heterocycles. The second-order valence-electron chi connectivity index (χ2n) is 6.17. The Morgan fingerprint density at radius 2 is 1.00 bits per heavy atom. The molecule has 3 aromatic rings. The molecule has 0 aliphatic carbocycles. The van der Waals surface area contributed by atoms with Gasteiger partial charge >= 0.3 is 0 Å². The molecule has 0 amide bonds. The zero-order valence-electron chi connectivity index (χ0n) is 14.7. The Kier molecular flexibility index (Phi) is 5.13. The zero-order valence-corrected chi connectivity index (χ0v) is 14.7. The maximum atomic E-state index is 9.88. The van der Waals surface area contributed by atoms with Crippen molar-refractivity contribution in [2.24, 2.45) is 9.98 Å². The van der Waals surface area contributed by atoms with Gasteiger partial charge in [-0.15, -0.1) is 0 Å². The third-order valence-corrected chi connectivity index (χ3v) is 3.90. The quantitative estimate of drug-likeness (QED) is 0.638. The molecule has 3 rings (SSSR count). The lowest BCUT2D eigenvalue weighted by Crippen LogP contribution is -1.85. The third kappa shape index (κ3) is 4.36. The van der Waals surface area contributed by atoms with Crippen LogP contribution in [0.2, 0.25) is 0 Å². The molecule has 2 N–H and O–H groups in total. The summed E-state index contributed by atoms with van der Waals surface area (Å²) < 4.78 is 0. The maximum Gasteiger partial charge on any atom is 0.141 e. The molecule has 26 heavy (non-hydrogen) atoms. The van der Waals surface area contributed by atoms with E-state index in [0.717, 1.165) is 22.3 Å². The standard InChI is InChI=1S/C22H20N2O2/c1-15-3-9-19(21(25)11-15)23-13-17-5-7-18(8-6-17)14-24-20-10-4-16(2)12-22(20)26/h3-14,25-26H,1-2H3/b23-13+,24-14+. The fourth-order valence-corrected chi connectivity index (χ4v) is 2.44. The highest BCUT2D eigenvalue weighted by atomic mass is 16.3. The Hall–Kier alpha value is -3.40. The molecular weight excluding hydrogens is 324 g/mol. The van der Waals surface area contributed by atoms with Gasteiger partial charge in [-0.2, -0.15) is 0 Å². The van der Waals surface area contributed by atoms with Gasteiger partial charge < -0.3 is 10.2 Å². The molecule has 0 radical (unpaired) electrons. The summed E-state index contributed by atoms with van der Waals surface area (Å²) in [7, 11) is 0. The van der Waals surface area contributed by atoms with Crippen molar-refractivity contribution >= 4 is 23.8 Å². The molecule has 3 aromatic carbocycles. The minimum atomic E-state index is 0.169. The molecule has 0 aromatic heterocycles. The molecule has 0 aliphatic rings. The molecular formula is C22H20N2O2. The molecule has 0 saturated carbocycles. The lowest BCUT2D eigenvalue weighted by Gasteiger charge is -2.01. The van der Waals surface area contributed by atoms with E-state index in [4.69, 9.17) is 0 Å². The highest BCUT2D eigenvalue weighted by Gasteiger charge is 1.99. The summed E-state index contributed by atoms with van der Waals surface area (Å²) in [6.07, 6.45) is 3.41. The number of hydrogen-bond donors (Lipinski definition) is 2. The SMILES string of the molecule is Cc1ccc(/N=C/c2ccc(/C=N/c3ccc(C)cc3O)cc2)c(O)c1. The first-order valence-corrected chi connectivity index (χ1v) is 8.29. The predicted octanol–water partition coefficient (Wildman–Crippen LogP) is 5.22. The van der Waals surface area contributed by atoms with Crippen LogP contribution in [0.4, 0.5) is 11.4 Å². The van der Waals surface area contributed by atoms with Gasteiger partial charge in [0.15, 0.2) is 0 Å². The van der Waals surface area contributed by atoms with Crippen molar-refractivity contribution in [2.75, 3.05) is 0 Å². The third-order valence-electron chi connectivity index (χ3n) is 3.90. The van der Waals surface area contributed by atoms with E-state index in [-0.39, 0.29) is 11.5 Å². The summed E-state index contributed by atoms with van der Waals surface area (Å²) in [5.41, 5.74) is 4.89. The number of nitrogens with zero attached hydrogens (tertiary/aromatic N) is 2. The Labute approximate surface area is 152 Å². The van der Waals surface area contributed by atoms with Crippen LogP contribution in [0, 0.1) is 13.8 Å². The van der Waals surface area contributed by atoms with Crippen molar-refractivity contribution in [3.63, 3.8) is 0 Å². The van der Waals surface area contributed by atoms with Crippen LogP contribution in [0.5, 0.6) is 11.5 Å². The van der Waals surface area contributed by atoms with Gasteiger partial charge in [0.1, 0.15) is 22.9 Å². The number of aliphatic imine (C=N–C) groups is 2. The molecule has 4 heteroatoms. The fourth-order valence-electron chi connectivity index (χ4n) is 2.44. The second kappa shape index (κ2) is 7.66. The molecule has 0 spiro atoms. The first kappa shape index (κ1) is 17.4. The van der Waals surface area contributed by atoms with Crippen molar-refractivity contribution < 1.29 is 10.2 Å². The lowest BCUT2D eigenvalue weighted by atomic mass is 10.1. The van der Waals surface area contributed by atoms with Crippen molar-refractivity contribution in [1.82, 2.24) is 0 Å². The van der Waals surface area contributed by atoms with E-state index in [1.807, 2.05) is 50.2 Å². The number of aromatic hydroxyl groups is 2. The summed E-state index contributed by atoms with van der Waals surface area (Å²) in [5, 5.41) is 19.8. The maximum absolute atomic E-state index is 9.88. The van der Waals surface area contributed by atoms with Gasteiger partial charge in [0.25, 0.3) is 0 Å². The van der Waals surface area contributed by atoms with Gasteiger partial charge in [0.05, 0.1) is 0 Å². The summed E-state index contributed by atoms with van der Waals surface area (Å²) >= 11 is 0. The van der Waals surface area contributed by atoms with Crippen LogP contribution in [-0.2, 0) is 0 Å². The fraction of sp³-hybridized carbons (Fsp3) is 0.0909. The highest BCUT2D eigenvalue weighted by molar-refractivity contribution is 5.86. The minimum Gasteiger partial charge on any atom is -0.506 e. The van der Waals surface area contributed by atoms with Crippen molar-refractivity contribution in [3.8, 4) is 11.5 Å². The normalized spacial score (nSPS) is 11.5. The van der Waals surface area contributed by atoms with Crippen LogP contribution >= 0.6 is 0 Å². The van der Waals surface area contributed by atoms with E-state index in [9.17, 15) is 10.2 Å². The van der Waals surface area contributed by atoms with Gasteiger partial charge in [-0.05, 0) is 60.4 Å². The summed E-state index contributed by atoms with van der Waals surface area (Å²) in [4.78, 5) is 8.64. The molecule has 0 atom stereocenters. The molecule has 0 aliphatic heterocycles. The van der Waals surface area contributed by atoms with E-state index in [1.165, 1.54) is 0 Å². The van der Waals surface area contributed by atoms with Gasteiger partial charge in [-0.3, -0.25) is 9.98 Å². The Bertz CT molecular complexity index is 893. The zero-order chi connectivity index (χ0) is 18.5. The summed E-state index contributed by atoms with van der Waals surface area (Å²) in [6.45, 7) is 3.84. The largest absolute Gasteiger partial charge is 0.506 e. The molecule has 0 fully saturated rings. The van der Waals surface area contributed by atoms with Crippen molar-refractivity contribution in [2.45, 2.75) is 13.8 Å². The summed E-state index contributed by atoms with van der Waals surface area (Å²) in [5.74, 6) is 0.339. The number of aryl methyl sites for hydroxylation is 2. The van der Waals surface area contributed by atoms with E-state index in [0.29, 0.717) is 11.4 Å². The average molecular weight is 344 g/mol. The van der Waals surface area contributed by atoms with E-state index >= 15 is 0 Å². The first-order valence-electron chi connectivity index (χ1n) is 8.29. The predicted molar refractivity (Wildman–Crippen MR) is 107 cm³/mol. The number of hydrogen-bond acceptors (Lipinski definition) is 4. The molecule has 0 bridgehead atoms. The number of phenols is 2. The van der Waals surface area contributed by atoms with E-state index in [2.05, 4.69) is 9.98 Å². The van der Waals surface area contributed by atoms with Gasteiger partial charge in [-0.1, -0.05) is 36.4 Å². The Morgan fingerprint density at radius 1 is 0.615 bits per heavy atom. The molecule has 4 nitrogen and oxygen atoms in total. The Balaban J connectivity index is 1.72. The second-order valence-corrected chi connectivity index (χ2v) is 6.17. The van der Waals surface area contributed by atoms with Gasteiger partial charge in [-0.25, -0.2) is 0 Å². The van der Waals surface area contributed by atoms with Crippen molar-refractivity contribution in [1.29, 1.82) is 0 Å². The molecule has 130 valence electrons. The first-order chi connectivity index (χ1) is 12.5. The number of benzene rings is 3. The van der Waals surface area contributed by atoms with E-state index in [1.54, 1.807) is 36.7 Å². The van der Waals surface area contributed by atoms with Crippen molar-refractivity contribution in [3.05, 3.63) is 82.9 Å². The van der Waals surface area contributed by atoms with Gasteiger partial charge in [0, 0.05) is 12.4 Å². The van der Waals surface area contributed by atoms with Crippen LogP contribution in [0.25, 0.3) is 0 Å². The van der Waals surface area contributed by atoms with Crippen LogP contribution in [-0.4, -0.2) is 22.6 Å². The van der Waals surface area contributed by atoms with Crippen LogP contribution < -0.4 is 0 Å². The molecule has 0 heterocycles. The topological polar surface area (TPSA) is 65.2 Å². The number of rotatable bonds is 4. The summed E-state index contributed by atoms with van der Waals surface area (Å²) in [6, 6.07) is 18.5. The Morgan fingerprint density at radius 3 is 1.35 bits per heavy atom. The van der Waals surface area contributed by atoms with E-state index < -0.39 is 0 Å². The van der Waals surface area contributed by atoms with Crippen LogP contribution in [0.1, 0.15) is 22.3 Å². The smallest absolute Gasteiger partial charge is 0.141 e.